The molecule has 55 heavy (non-hydrogen) atoms. The van der Waals surface area contributed by atoms with E-state index in [1.54, 1.807) is 0 Å². The number of hydrogen-bond donors (Lipinski definition) is 0. The summed E-state index contributed by atoms with van der Waals surface area (Å²) in [5, 5.41) is 9.97. The number of imidazole rings is 1. The minimum atomic E-state index is 0.950. The van der Waals surface area contributed by atoms with Crippen LogP contribution in [-0.4, -0.2) is 9.55 Å². The average Bonchev–Trinajstić information content (AvgIpc) is 3.64. The van der Waals surface area contributed by atoms with Crippen molar-refractivity contribution < 1.29 is 0 Å². The molecule has 1 aromatic heterocycles. The van der Waals surface area contributed by atoms with Gasteiger partial charge in [0, 0.05) is 5.69 Å². The van der Waals surface area contributed by atoms with E-state index in [1.807, 2.05) is 13.0 Å². The Labute approximate surface area is 321 Å². The van der Waals surface area contributed by atoms with Crippen molar-refractivity contribution in [2.45, 2.75) is 13.8 Å². The summed E-state index contributed by atoms with van der Waals surface area (Å²) in [5.74, 6) is 0.950. The fraction of sp³-hybridized carbons (Fsp3) is 0.0377. The van der Waals surface area contributed by atoms with Gasteiger partial charge in [0.15, 0.2) is 0 Å². The van der Waals surface area contributed by atoms with Gasteiger partial charge in [-0.05, 0) is 138 Å². The van der Waals surface area contributed by atoms with Gasteiger partial charge in [-0.25, -0.2) is 4.98 Å². The highest BCUT2D eigenvalue weighted by Gasteiger charge is 2.19. The van der Waals surface area contributed by atoms with Crippen LogP contribution in [0.5, 0.6) is 0 Å². The standard InChI is InChI=1S/C53H38N2/c1-3-4-13-35(2)53-54-49-20-11-12-21-50(49)55(53)44-29-26-38(27-30-44)41-28-31-47-48(34-41)52(43-25-23-37-15-6-8-17-40(37)33-43)46-19-10-9-18-45(46)51(47)42-24-22-36-14-5-7-16-39(36)32-42/h3-34H,1-2H3/b4-3-,35-13+. The smallest absolute Gasteiger partial charge is 0.141 e. The van der Waals surface area contributed by atoms with Crippen molar-refractivity contribution in [2.75, 3.05) is 0 Å². The van der Waals surface area contributed by atoms with Crippen LogP contribution in [0.2, 0.25) is 0 Å². The van der Waals surface area contributed by atoms with Crippen molar-refractivity contribution in [3.8, 4) is 39.1 Å². The lowest BCUT2D eigenvalue weighted by atomic mass is 9.84. The molecular formula is C53H38N2. The van der Waals surface area contributed by atoms with Gasteiger partial charge in [0.1, 0.15) is 5.82 Å². The summed E-state index contributed by atoms with van der Waals surface area (Å²) in [7, 11) is 0. The van der Waals surface area contributed by atoms with E-state index in [0.29, 0.717) is 0 Å². The monoisotopic (exact) mass is 702 g/mol. The van der Waals surface area contributed by atoms with Crippen molar-refractivity contribution in [1.29, 1.82) is 0 Å². The maximum Gasteiger partial charge on any atom is 0.141 e. The molecule has 0 saturated heterocycles. The molecule has 0 radical (unpaired) electrons. The van der Waals surface area contributed by atoms with E-state index in [9.17, 15) is 0 Å². The Kier molecular flexibility index (Phi) is 7.96. The summed E-state index contributed by atoms with van der Waals surface area (Å²) >= 11 is 0. The number of aromatic nitrogens is 2. The Morgan fingerprint density at radius 1 is 0.473 bits per heavy atom. The van der Waals surface area contributed by atoms with Gasteiger partial charge in [0.25, 0.3) is 0 Å². The Morgan fingerprint density at radius 2 is 1.00 bits per heavy atom. The molecule has 0 unspecified atom stereocenters. The molecule has 0 atom stereocenters. The first-order valence-electron chi connectivity index (χ1n) is 19.0. The van der Waals surface area contributed by atoms with Crippen LogP contribution in [0.3, 0.4) is 0 Å². The van der Waals surface area contributed by atoms with Crippen LogP contribution in [-0.2, 0) is 0 Å². The predicted molar refractivity (Wildman–Crippen MR) is 236 cm³/mol. The third kappa shape index (κ3) is 5.62. The van der Waals surface area contributed by atoms with E-state index in [2.05, 4.69) is 200 Å². The van der Waals surface area contributed by atoms with Gasteiger partial charge < -0.3 is 0 Å². The number of rotatable bonds is 6. The van der Waals surface area contributed by atoms with Gasteiger partial charge in [0.05, 0.1) is 11.0 Å². The van der Waals surface area contributed by atoms with E-state index in [0.717, 1.165) is 28.1 Å². The maximum absolute atomic E-state index is 5.05. The van der Waals surface area contributed by atoms with Gasteiger partial charge in [0.2, 0.25) is 0 Å². The Morgan fingerprint density at radius 3 is 1.65 bits per heavy atom. The van der Waals surface area contributed by atoms with Crippen LogP contribution < -0.4 is 0 Å². The highest BCUT2D eigenvalue weighted by Crippen LogP contribution is 2.46. The highest BCUT2D eigenvalue weighted by atomic mass is 15.1. The van der Waals surface area contributed by atoms with Crippen LogP contribution in [0.4, 0.5) is 0 Å². The van der Waals surface area contributed by atoms with E-state index in [-0.39, 0.29) is 0 Å². The summed E-state index contributed by atoms with van der Waals surface area (Å²) in [6.07, 6.45) is 6.25. The Balaban J connectivity index is 1.19. The van der Waals surface area contributed by atoms with E-state index in [4.69, 9.17) is 4.98 Å². The zero-order valence-corrected chi connectivity index (χ0v) is 30.9. The molecule has 2 heteroatoms. The van der Waals surface area contributed by atoms with E-state index >= 15 is 0 Å². The topological polar surface area (TPSA) is 17.8 Å². The van der Waals surface area contributed by atoms with Crippen molar-refractivity contribution in [2.24, 2.45) is 0 Å². The molecule has 0 amide bonds. The number of fused-ring (bicyclic) bond motifs is 5. The van der Waals surface area contributed by atoms with Crippen LogP contribution >= 0.6 is 0 Å². The fourth-order valence-electron chi connectivity index (χ4n) is 8.34. The number of benzene rings is 9. The molecule has 0 aliphatic heterocycles. The van der Waals surface area contributed by atoms with Crippen molar-refractivity contribution >= 4 is 59.7 Å². The van der Waals surface area contributed by atoms with E-state index in [1.165, 1.54) is 76.5 Å². The lowest BCUT2D eigenvalue weighted by Crippen LogP contribution is -1.99. The van der Waals surface area contributed by atoms with Crippen molar-refractivity contribution in [1.82, 2.24) is 9.55 Å². The molecule has 2 nitrogen and oxygen atoms in total. The zero-order valence-electron chi connectivity index (χ0n) is 30.9. The van der Waals surface area contributed by atoms with Gasteiger partial charge in [-0.15, -0.1) is 0 Å². The van der Waals surface area contributed by atoms with Crippen LogP contribution in [0.1, 0.15) is 19.7 Å². The summed E-state index contributed by atoms with van der Waals surface area (Å²) in [4.78, 5) is 5.05. The van der Waals surface area contributed by atoms with Crippen molar-refractivity contribution in [3.63, 3.8) is 0 Å². The van der Waals surface area contributed by atoms with Gasteiger partial charge in [-0.1, -0.05) is 152 Å². The molecule has 0 spiro atoms. The molecule has 0 aliphatic carbocycles. The third-order valence-electron chi connectivity index (χ3n) is 11.0. The van der Waals surface area contributed by atoms with Gasteiger partial charge >= 0.3 is 0 Å². The number of para-hydroxylation sites is 2. The molecule has 10 aromatic rings. The number of allylic oxidation sites excluding steroid dienone is 4. The summed E-state index contributed by atoms with van der Waals surface area (Å²) in [5.41, 5.74) is 11.6. The number of hydrogen-bond acceptors (Lipinski definition) is 1. The Bertz CT molecular complexity index is 3160. The quantitative estimate of drug-likeness (QED) is 0.125. The second-order valence-electron chi connectivity index (χ2n) is 14.4. The molecule has 0 saturated carbocycles. The van der Waals surface area contributed by atoms with Gasteiger partial charge in [-0.3, -0.25) is 4.57 Å². The molecule has 1 heterocycles. The zero-order chi connectivity index (χ0) is 36.9. The lowest BCUT2D eigenvalue weighted by Gasteiger charge is -2.19. The average molecular weight is 703 g/mol. The Hall–Kier alpha value is -7.03. The third-order valence-corrected chi connectivity index (χ3v) is 11.0. The van der Waals surface area contributed by atoms with E-state index < -0.39 is 0 Å². The minimum Gasteiger partial charge on any atom is -0.293 e. The predicted octanol–water partition coefficient (Wildman–Crippen LogP) is 14.6. The van der Waals surface area contributed by atoms with Crippen LogP contribution in [0.15, 0.2) is 194 Å². The fourth-order valence-corrected chi connectivity index (χ4v) is 8.34. The summed E-state index contributed by atoms with van der Waals surface area (Å²) in [6, 6.07) is 64.4. The second kappa shape index (κ2) is 13.4. The summed E-state index contributed by atoms with van der Waals surface area (Å²) < 4.78 is 2.27. The number of nitrogens with zero attached hydrogens (tertiary/aromatic N) is 2. The normalized spacial score (nSPS) is 12.2. The molecule has 9 aromatic carbocycles. The first kappa shape index (κ1) is 32.6. The SMILES string of the molecule is C/C=C\C=C(/C)c1nc2ccccc2n1-c1ccc(-c2ccc3c(-c4ccc5ccccc5c4)c4ccccc4c(-c4ccc5ccccc5c4)c3c2)cc1. The maximum atomic E-state index is 5.05. The van der Waals surface area contributed by atoms with Crippen LogP contribution in [0.25, 0.3) is 98.8 Å². The molecule has 260 valence electrons. The molecule has 0 fully saturated rings. The molecule has 0 aliphatic rings. The lowest BCUT2D eigenvalue weighted by molar-refractivity contribution is 1.05. The summed E-state index contributed by atoms with van der Waals surface area (Å²) in [6.45, 7) is 4.17. The minimum absolute atomic E-state index is 0.950. The van der Waals surface area contributed by atoms with Gasteiger partial charge in [-0.2, -0.15) is 0 Å². The second-order valence-corrected chi connectivity index (χ2v) is 14.4. The molecule has 0 bridgehead atoms. The molecular weight excluding hydrogens is 665 g/mol. The molecule has 10 rings (SSSR count). The largest absolute Gasteiger partial charge is 0.293 e. The first-order valence-corrected chi connectivity index (χ1v) is 19.0. The highest BCUT2D eigenvalue weighted by molar-refractivity contribution is 6.22. The first-order chi connectivity index (χ1) is 27.1. The van der Waals surface area contributed by atoms with Crippen LogP contribution in [0, 0.1) is 0 Å². The molecule has 0 N–H and O–H groups in total. The van der Waals surface area contributed by atoms with Crippen molar-refractivity contribution in [3.05, 3.63) is 200 Å².